The first-order chi connectivity index (χ1) is 13.7. The van der Waals surface area contributed by atoms with Crippen molar-refractivity contribution in [3.05, 3.63) is 45.0 Å². The average molecular weight is 387 g/mol. The lowest BCUT2D eigenvalue weighted by atomic mass is 10.1. The van der Waals surface area contributed by atoms with Crippen molar-refractivity contribution in [3.63, 3.8) is 0 Å². The molecule has 0 bridgehead atoms. The number of hydrogen-bond acceptors (Lipinski definition) is 8. The summed E-state index contributed by atoms with van der Waals surface area (Å²) in [5.41, 5.74) is 0.325. The van der Waals surface area contributed by atoms with Crippen LogP contribution in [0.4, 0.5) is 17.1 Å². The molecule has 0 radical (unpaired) electrons. The number of morpholine rings is 1. The van der Waals surface area contributed by atoms with Crippen LogP contribution in [-0.4, -0.2) is 49.8 Å². The molecule has 9 nitrogen and oxygen atoms in total. The molecule has 1 unspecified atom stereocenters. The predicted molar refractivity (Wildman–Crippen MR) is 107 cm³/mol. The van der Waals surface area contributed by atoms with Crippen molar-refractivity contribution in [1.29, 1.82) is 0 Å². The third-order valence-corrected chi connectivity index (χ3v) is 4.53. The number of ether oxygens (including phenoxy) is 1. The quantitative estimate of drug-likeness (QED) is 0.335. The molecule has 1 amide bonds. The summed E-state index contributed by atoms with van der Waals surface area (Å²) in [7, 11) is 0. The molecule has 1 aliphatic heterocycles. The van der Waals surface area contributed by atoms with Gasteiger partial charge in [0.2, 0.25) is 5.91 Å². The number of amides is 1. The van der Waals surface area contributed by atoms with Gasteiger partial charge in [0.25, 0.3) is 10.9 Å². The molecule has 2 heterocycles. The van der Waals surface area contributed by atoms with E-state index >= 15 is 0 Å². The maximum absolute atomic E-state index is 11.9. The normalized spacial score (nSPS) is 16.6. The monoisotopic (exact) mass is 387 g/mol. The maximum Gasteiger partial charge on any atom is 0.253 e. The van der Waals surface area contributed by atoms with Gasteiger partial charge in [-0.1, -0.05) is 0 Å². The fourth-order valence-electron chi connectivity index (χ4n) is 2.96. The van der Waals surface area contributed by atoms with E-state index in [0.29, 0.717) is 43.3 Å². The molecule has 1 saturated heterocycles. The van der Waals surface area contributed by atoms with Gasteiger partial charge >= 0.3 is 0 Å². The van der Waals surface area contributed by atoms with E-state index in [0.717, 1.165) is 25.8 Å². The largest absolute Gasteiger partial charge is 0.380 e. The van der Waals surface area contributed by atoms with Gasteiger partial charge in [-0.15, -0.1) is 0 Å². The molecule has 1 aliphatic rings. The van der Waals surface area contributed by atoms with Crippen LogP contribution in [0.15, 0.2) is 34.1 Å². The van der Waals surface area contributed by atoms with Crippen LogP contribution in [0.25, 0.3) is 0 Å². The van der Waals surface area contributed by atoms with E-state index in [2.05, 4.69) is 26.3 Å². The second-order valence-corrected chi connectivity index (χ2v) is 6.61. The van der Waals surface area contributed by atoms with Gasteiger partial charge in [0.05, 0.1) is 6.61 Å². The van der Waals surface area contributed by atoms with Gasteiger partial charge in [0.1, 0.15) is 17.5 Å². The highest BCUT2D eigenvalue weighted by atomic mass is 16.5. The van der Waals surface area contributed by atoms with Gasteiger partial charge in [-0.2, -0.15) is 0 Å². The Balaban J connectivity index is 1.32. The minimum Gasteiger partial charge on any atom is -0.380 e. The van der Waals surface area contributed by atoms with Gasteiger partial charge in [-0.05, 0) is 31.4 Å². The summed E-state index contributed by atoms with van der Waals surface area (Å²) in [4.78, 5) is 39.3. The molecule has 0 saturated carbocycles. The number of nitrogens with one attached hydrogen (secondary N) is 4. The lowest BCUT2D eigenvalue weighted by Gasteiger charge is -2.22. The van der Waals surface area contributed by atoms with Crippen molar-refractivity contribution in [2.45, 2.75) is 25.4 Å². The second kappa shape index (κ2) is 9.95. The molecule has 150 valence electrons. The smallest absolute Gasteiger partial charge is 0.253 e. The summed E-state index contributed by atoms with van der Waals surface area (Å²) in [5, 5.41) is 12.0. The van der Waals surface area contributed by atoms with Gasteiger partial charge < -0.3 is 26.0 Å². The predicted octanol–water partition coefficient (Wildman–Crippen LogP) is 0.108. The number of anilines is 3. The Kier molecular flexibility index (Phi) is 7.10. The minimum absolute atomic E-state index is 0.0825. The molecule has 1 aromatic carbocycles. The standard InChI is InChI=1S/C19H25N5O4/c25-17-15(16(18(17)26)24-13-4-8-20-9-5-13)22-6-2-1-3-7-23-19(27)14-12-21-10-11-28-14/h4-5,8-9,14,21-22H,1-3,6-7,10-12H2,(H,20,24)(H,23,27). The highest BCUT2D eigenvalue weighted by Gasteiger charge is 2.21. The van der Waals surface area contributed by atoms with Crippen LogP contribution in [0.2, 0.25) is 0 Å². The van der Waals surface area contributed by atoms with E-state index in [4.69, 9.17) is 4.74 Å². The number of aromatic nitrogens is 1. The third-order valence-electron chi connectivity index (χ3n) is 4.53. The Hall–Kier alpha value is -2.78. The van der Waals surface area contributed by atoms with Crippen molar-refractivity contribution in [2.75, 3.05) is 43.4 Å². The highest BCUT2D eigenvalue weighted by Crippen LogP contribution is 2.19. The van der Waals surface area contributed by atoms with E-state index < -0.39 is 17.0 Å². The van der Waals surface area contributed by atoms with Gasteiger partial charge in [0, 0.05) is 44.3 Å². The molecule has 1 aromatic heterocycles. The van der Waals surface area contributed by atoms with Gasteiger partial charge in [0.15, 0.2) is 0 Å². The molecular weight excluding hydrogens is 362 g/mol. The van der Waals surface area contributed by atoms with E-state index in [-0.39, 0.29) is 5.91 Å². The van der Waals surface area contributed by atoms with Crippen LogP contribution in [0.1, 0.15) is 19.3 Å². The highest BCUT2D eigenvalue weighted by molar-refractivity contribution is 5.81. The molecule has 3 rings (SSSR count). The fourth-order valence-corrected chi connectivity index (χ4v) is 2.96. The summed E-state index contributed by atoms with van der Waals surface area (Å²) in [6.45, 7) is 3.06. The van der Waals surface area contributed by atoms with Crippen molar-refractivity contribution in [2.24, 2.45) is 0 Å². The number of unbranched alkanes of at least 4 members (excludes halogenated alkanes) is 2. The van der Waals surface area contributed by atoms with Crippen molar-refractivity contribution < 1.29 is 9.53 Å². The Bertz CT molecular complexity index is 842. The number of rotatable bonds is 10. The molecule has 4 N–H and O–H groups in total. The van der Waals surface area contributed by atoms with Crippen molar-refractivity contribution in [1.82, 2.24) is 15.6 Å². The average Bonchev–Trinajstić information content (AvgIpc) is 2.75. The first kappa shape index (κ1) is 20.0. The Morgan fingerprint density at radius 1 is 1.11 bits per heavy atom. The summed E-state index contributed by atoms with van der Waals surface area (Å²) >= 11 is 0. The Labute approximate surface area is 162 Å². The SMILES string of the molecule is O=C(NCCCCCNc1c(Nc2ccncc2)c(=O)c1=O)C1CNCCO1. The fraction of sp³-hybridized carbons (Fsp3) is 0.474. The Morgan fingerprint density at radius 3 is 2.61 bits per heavy atom. The van der Waals surface area contributed by atoms with Crippen LogP contribution >= 0.6 is 0 Å². The lowest BCUT2D eigenvalue weighted by Crippen LogP contribution is -2.48. The topological polar surface area (TPSA) is 121 Å². The second-order valence-electron chi connectivity index (χ2n) is 6.61. The molecule has 28 heavy (non-hydrogen) atoms. The summed E-state index contributed by atoms with van der Waals surface area (Å²) in [6.07, 6.45) is 5.36. The zero-order chi connectivity index (χ0) is 19.8. The minimum atomic E-state index is -0.513. The maximum atomic E-state index is 11.9. The summed E-state index contributed by atoms with van der Waals surface area (Å²) < 4.78 is 5.39. The number of carbonyl (C=O) groups is 1. The first-order valence-electron chi connectivity index (χ1n) is 9.51. The van der Waals surface area contributed by atoms with Crippen LogP contribution < -0.4 is 32.1 Å². The van der Waals surface area contributed by atoms with Gasteiger partial charge in [-0.3, -0.25) is 19.4 Å². The molecule has 1 fully saturated rings. The van der Waals surface area contributed by atoms with Crippen LogP contribution in [0, 0.1) is 0 Å². The molecule has 0 aliphatic carbocycles. The number of carbonyl (C=O) groups excluding carboxylic acids is 1. The molecule has 9 heteroatoms. The first-order valence-corrected chi connectivity index (χ1v) is 9.51. The zero-order valence-corrected chi connectivity index (χ0v) is 15.6. The number of hydrogen-bond donors (Lipinski definition) is 4. The lowest BCUT2D eigenvalue weighted by molar-refractivity contribution is -0.134. The van der Waals surface area contributed by atoms with E-state index in [1.165, 1.54) is 0 Å². The van der Waals surface area contributed by atoms with E-state index in [1.54, 1.807) is 24.5 Å². The third kappa shape index (κ3) is 5.14. The van der Waals surface area contributed by atoms with Crippen molar-refractivity contribution >= 4 is 23.0 Å². The van der Waals surface area contributed by atoms with Crippen LogP contribution in [0.5, 0.6) is 0 Å². The summed E-state index contributed by atoms with van der Waals surface area (Å²) in [5.74, 6) is -0.0825. The zero-order valence-electron chi connectivity index (χ0n) is 15.6. The molecule has 0 spiro atoms. The molecule has 1 atom stereocenters. The Morgan fingerprint density at radius 2 is 1.86 bits per heavy atom. The van der Waals surface area contributed by atoms with Crippen LogP contribution in [0.3, 0.4) is 0 Å². The number of pyridine rings is 1. The van der Waals surface area contributed by atoms with Crippen molar-refractivity contribution in [3.8, 4) is 0 Å². The van der Waals surface area contributed by atoms with E-state index in [9.17, 15) is 14.4 Å². The molecule has 2 aromatic rings. The van der Waals surface area contributed by atoms with E-state index in [1.807, 2.05) is 0 Å². The number of nitrogens with zero attached hydrogens (tertiary/aromatic N) is 1. The molecular formula is C19H25N5O4. The summed E-state index contributed by atoms with van der Waals surface area (Å²) in [6, 6.07) is 3.45. The van der Waals surface area contributed by atoms with Gasteiger partial charge in [-0.25, -0.2) is 0 Å². The van der Waals surface area contributed by atoms with Crippen LogP contribution in [-0.2, 0) is 9.53 Å².